The number of fused-ring (bicyclic) bond motifs is 3. The summed E-state index contributed by atoms with van der Waals surface area (Å²) in [7, 11) is 0. The van der Waals surface area contributed by atoms with Gasteiger partial charge in [0.1, 0.15) is 0 Å². The number of hydrogen-bond donors (Lipinski definition) is 2. The summed E-state index contributed by atoms with van der Waals surface area (Å²) in [4.78, 5) is 21.0. The molecule has 2 heterocycles. The molecule has 2 bridgehead atoms. The molecule has 6 nitrogen and oxygen atoms in total. The van der Waals surface area contributed by atoms with Gasteiger partial charge >= 0.3 is 0 Å². The van der Waals surface area contributed by atoms with E-state index in [1.54, 1.807) is 24.5 Å². The van der Waals surface area contributed by atoms with Crippen LogP contribution >= 0.6 is 0 Å². The van der Waals surface area contributed by atoms with Gasteiger partial charge in [-0.15, -0.1) is 0 Å². The van der Waals surface area contributed by atoms with Gasteiger partial charge in [0.15, 0.2) is 5.82 Å². The van der Waals surface area contributed by atoms with Crippen molar-refractivity contribution in [1.82, 2.24) is 20.2 Å². The zero-order valence-electron chi connectivity index (χ0n) is 13.8. The Hall–Kier alpha value is -2.76. The van der Waals surface area contributed by atoms with E-state index in [2.05, 4.69) is 25.5 Å². The molecule has 0 saturated heterocycles. The molecular weight excluding hydrogens is 314 g/mol. The van der Waals surface area contributed by atoms with Crippen LogP contribution in [-0.4, -0.2) is 26.1 Å². The molecule has 0 radical (unpaired) electrons. The molecule has 2 fully saturated rings. The first kappa shape index (κ1) is 14.6. The number of nitrogens with one attached hydrogen (secondary N) is 2. The first-order valence-corrected chi connectivity index (χ1v) is 8.84. The second kappa shape index (κ2) is 5.65. The van der Waals surface area contributed by atoms with Gasteiger partial charge in [-0.25, -0.2) is 0 Å². The molecule has 2 aliphatic carbocycles. The fourth-order valence-electron chi connectivity index (χ4n) is 4.51. The van der Waals surface area contributed by atoms with Crippen LogP contribution in [0.1, 0.15) is 47.7 Å². The van der Waals surface area contributed by atoms with Gasteiger partial charge in [-0.3, -0.25) is 19.9 Å². The van der Waals surface area contributed by atoms with Crippen molar-refractivity contribution < 1.29 is 4.79 Å². The topological polar surface area (TPSA) is 83.6 Å². The highest BCUT2D eigenvalue weighted by Crippen LogP contribution is 2.52. The van der Waals surface area contributed by atoms with Crippen LogP contribution in [0, 0.1) is 11.8 Å². The molecule has 0 aliphatic heterocycles. The van der Waals surface area contributed by atoms with Crippen LogP contribution in [0.5, 0.6) is 0 Å². The highest BCUT2D eigenvalue weighted by molar-refractivity contribution is 6.05. The number of nitrogens with zero attached hydrogens (tertiary/aromatic N) is 3. The molecule has 2 N–H and O–H groups in total. The lowest BCUT2D eigenvalue weighted by Gasteiger charge is -2.19. The van der Waals surface area contributed by atoms with Crippen molar-refractivity contribution in [2.75, 3.05) is 5.32 Å². The summed E-state index contributed by atoms with van der Waals surface area (Å²) >= 11 is 0. The van der Waals surface area contributed by atoms with Gasteiger partial charge in [-0.2, -0.15) is 5.10 Å². The fraction of sp³-hybridized carbons (Fsp3) is 0.368. The fourth-order valence-corrected chi connectivity index (χ4v) is 4.51. The number of aromatic nitrogens is 4. The minimum Gasteiger partial charge on any atom is -0.305 e. The highest BCUT2D eigenvalue weighted by atomic mass is 16.1. The van der Waals surface area contributed by atoms with Crippen molar-refractivity contribution in [3.63, 3.8) is 0 Å². The number of aromatic amines is 1. The van der Waals surface area contributed by atoms with E-state index in [0.29, 0.717) is 22.8 Å². The number of carbonyl (C=O) groups excluding carboxylic acids is 1. The van der Waals surface area contributed by atoms with Crippen molar-refractivity contribution in [3.05, 3.63) is 47.9 Å². The molecule has 126 valence electrons. The van der Waals surface area contributed by atoms with E-state index < -0.39 is 0 Å². The second-order valence-electron chi connectivity index (χ2n) is 7.20. The summed E-state index contributed by atoms with van der Waals surface area (Å²) in [5.74, 6) is 2.65. The van der Waals surface area contributed by atoms with Crippen molar-refractivity contribution in [2.45, 2.75) is 31.6 Å². The average molecular weight is 333 g/mol. The Balaban J connectivity index is 1.33. The van der Waals surface area contributed by atoms with Crippen LogP contribution in [0.4, 0.5) is 5.82 Å². The SMILES string of the molecule is O=C(Nc1cc(C2CC3CCC2C3)[nH]n1)c1ccc2nccnc2c1. The maximum absolute atomic E-state index is 12.5. The molecule has 25 heavy (non-hydrogen) atoms. The zero-order chi connectivity index (χ0) is 16.8. The average Bonchev–Trinajstić information content (AvgIpc) is 3.38. The highest BCUT2D eigenvalue weighted by Gasteiger charge is 2.40. The summed E-state index contributed by atoms with van der Waals surface area (Å²) < 4.78 is 0. The number of amides is 1. The van der Waals surface area contributed by atoms with Crippen LogP contribution in [0.25, 0.3) is 11.0 Å². The smallest absolute Gasteiger partial charge is 0.256 e. The minimum absolute atomic E-state index is 0.182. The van der Waals surface area contributed by atoms with Gasteiger partial charge in [0, 0.05) is 35.6 Å². The molecule has 1 aromatic carbocycles. The molecule has 1 amide bonds. The molecular formula is C19H19N5O. The third-order valence-electron chi connectivity index (χ3n) is 5.71. The first-order chi connectivity index (χ1) is 12.3. The van der Waals surface area contributed by atoms with Crippen LogP contribution in [0.2, 0.25) is 0 Å². The lowest BCUT2D eigenvalue weighted by atomic mass is 9.86. The predicted molar refractivity (Wildman–Crippen MR) is 94.3 cm³/mol. The molecule has 3 unspecified atom stereocenters. The van der Waals surface area contributed by atoms with E-state index in [1.807, 2.05) is 12.1 Å². The molecule has 3 aromatic rings. The third-order valence-corrected chi connectivity index (χ3v) is 5.71. The monoisotopic (exact) mass is 333 g/mol. The predicted octanol–water partition coefficient (Wildman–Crippen LogP) is 3.51. The van der Waals surface area contributed by atoms with Gasteiger partial charge < -0.3 is 5.32 Å². The second-order valence-corrected chi connectivity index (χ2v) is 7.20. The van der Waals surface area contributed by atoms with Crippen molar-refractivity contribution in [3.8, 4) is 0 Å². The van der Waals surface area contributed by atoms with Gasteiger partial charge in [-0.05, 0) is 49.3 Å². The van der Waals surface area contributed by atoms with E-state index in [9.17, 15) is 4.79 Å². The Labute approximate surface area is 145 Å². The van der Waals surface area contributed by atoms with Crippen molar-refractivity contribution in [2.24, 2.45) is 11.8 Å². The Bertz CT molecular complexity index is 950. The normalized spacial score (nSPS) is 24.7. The number of benzene rings is 1. The van der Waals surface area contributed by atoms with Gasteiger partial charge in [0.25, 0.3) is 5.91 Å². The summed E-state index contributed by atoms with van der Waals surface area (Å²) in [5, 5.41) is 10.3. The van der Waals surface area contributed by atoms with Crippen LogP contribution in [0.15, 0.2) is 36.7 Å². The summed E-state index contributed by atoms with van der Waals surface area (Å²) in [6.07, 6.45) is 8.58. The standard InChI is InChI=1S/C19H19N5O/c25-19(13-3-4-15-17(9-13)21-6-5-20-15)22-18-10-16(23-24-18)14-8-11-1-2-12(14)7-11/h3-6,9-12,14H,1-2,7-8H2,(H2,22,23,24,25). The van der Waals surface area contributed by atoms with Crippen LogP contribution in [0.3, 0.4) is 0 Å². The Kier molecular flexibility index (Phi) is 3.29. The number of rotatable bonds is 3. The summed E-state index contributed by atoms with van der Waals surface area (Å²) in [6, 6.07) is 7.31. The molecule has 2 saturated carbocycles. The van der Waals surface area contributed by atoms with E-state index in [4.69, 9.17) is 0 Å². The lowest BCUT2D eigenvalue weighted by Crippen LogP contribution is -2.12. The summed E-state index contributed by atoms with van der Waals surface area (Å²) in [5.41, 5.74) is 3.20. The molecule has 0 spiro atoms. The quantitative estimate of drug-likeness (QED) is 0.768. The van der Waals surface area contributed by atoms with Crippen molar-refractivity contribution in [1.29, 1.82) is 0 Å². The van der Waals surface area contributed by atoms with Crippen LogP contribution < -0.4 is 5.32 Å². The Morgan fingerprint density at radius 2 is 1.96 bits per heavy atom. The number of anilines is 1. The largest absolute Gasteiger partial charge is 0.305 e. The third kappa shape index (κ3) is 2.58. The molecule has 2 aliphatic rings. The minimum atomic E-state index is -0.182. The Morgan fingerprint density at radius 1 is 1.08 bits per heavy atom. The number of carbonyl (C=O) groups is 1. The molecule has 2 aromatic heterocycles. The number of hydrogen-bond acceptors (Lipinski definition) is 4. The maximum Gasteiger partial charge on any atom is 0.256 e. The number of H-pyrrole nitrogens is 1. The zero-order valence-corrected chi connectivity index (χ0v) is 13.8. The molecule has 6 heteroatoms. The maximum atomic E-state index is 12.5. The van der Waals surface area contributed by atoms with Gasteiger partial charge in [-0.1, -0.05) is 6.42 Å². The van der Waals surface area contributed by atoms with E-state index >= 15 is 0 Å². The summed E-state index contributed by atoms with van der Waals surface area (Å²) in [6.45, 7) is 0. The van der Waals surface area contributed by atoms with E-state index in [0.717, 1.165) is 23.0 Å². The Morgan fingerprint density at radius 3 is 2.76 bits per heavy atom. The lowest BCUT2D eigenvalue weighted by molar-refractivity contribution is 0.102. The van der Waals surface area contributed by atoms with E-state index in [-0.39, 0.29) is 5.91 Å². The van der Waals surface area contributed by atoms with Gasteiger partial charge in [0.05, 0.1) is 11.0 Å². The van der Waals surface area contributed by atoms with Crippen LogP contribution in [-0.2, 0) is 0 Å². The van der Waals surface area contributed by atoms with E-state index in [1.165, 1.54) is 25.7 Å². The first-order valence-electron chi connectivity index (χ1n) is 8.84. The van der Waals surface area contributed by atoms with Gasteiger partial charge in [0.2, 0.25) is 0 Å². The van der Waals surface area contributed by atoms with Crippen molar-refractivity contribution >= 4 is 22.8 Å². The molecule has 5 rings (SSSR count). The molecule has 3 atom stereocenters.